The van der Waals surface area contributed by atoms with E-state index in [1.165, 1.54) is 20.3 Å². The maximum Gasteiger partial charge on any atom is 0.387 e. The van der Waals surface area contributed by atoms with Crippen LogP contribution in [0.25, 0.3) is 0 Å². The van der Waals surface area contributed by atoms with Gasteiger partial charge in [0.15, 0.2) is 11.5 Å². The molecular formula is C24H27ClF2N2O5. The summed E-state index contributed by atoms with van der Waals surface area (Å²) in [5.74, 6) is 0.137. The lowest BCUT2D eigenvalue weighted by Gasteiger charge is -2.31. The monoisotopic (exact) mass is 496 g/mol. The van der Waals surface area contributed by atoms with Crippen LogP contribution in [0.3, 0.4) is 0 Å². The lowest BCUT2D eigenvalue weighted by molar-refractivity contribution is -0.126. The van der Waals surface area contributed by atoms with Crippen molar-refractivity contribution in [3.05, 3.63) is 52.5 Å². The van der Waals surface area contributed by atoms with Gasteiger partial charge in [-0.05, 0) is 55.2 Å². The van der Waals surface area contributed by atoms with Crippen LogP contribution in [0.15, 0.2) is 36.4 Å². The Labute approximate surface area is 201 Å². The summed E-state index contributed by atoms with van der Waals surface area (Å²) < 4.78 is 40.0. The van der Waals surface area contributed by atoms with E-state index >= 15 is 0 Å². The maximum atomic E-state index is 12.9. The van der Waals surface area contributed by atoms with Crippen LogP contribution in [0, 0.1) is 5.92 Å². The second-order valence-electron chi connectivity index (χ2n) is 7.82. The van der Waals surface area contributed by atoms with Gasteiger partial charge in [-0.25, -0.2) is 0 Å². The molecule has 10 heteroatoms. The van der Waals surface area contributed by atoms with E-state index in [9.17, 15) is 18.4 Å². The number of likely N-dealkylation sites (tertiary alicyclic amines) is 1. The van der Waals surface area contributed by atoms with Crippen molar-refractivity contribution in [2.24, 2.45) is 5.92 Å². The molecule has 1 heterocycles. The molecule has 2 aromatic carbocycles. The molecule has 2 amide bonds. The van der Waals surface area contributed by atoms with Crippen LogP contribution >= 0.6 is 11.6 Å². The van der Waals surface area contributed by atoms with Crippen molar-refractivity contribution in [2.75, 3.05) is 33.9 Å². The number of hydrogen-bond donors (Lipinski definition) is 1. The largest absolute Gasteiger partial charge is 0.496 e. The smallest absolute Gasteiger partial charge is 0.387 e. The number of benzene rings is 2. The molecule has 0 radical (unpaired) electrons. The number of halogens is 3. The van der Waals surface area contributed by atoms with Gasteiger partial charge in [-0.1, -0.05) is 17.7 Å². The molecule has 0 unspecified atom stereocenters. The molecule has 2 aromatic rings. The molecule has 1 aliphatic heterocycles. The molecule has 1 fully saturated rings. The molecule has 34 heavy (non-hydrogen) atoms. The number of methoxy groups -OCH3 is 2. The number of rotatable bonds is 9. The first kappa shape index (κ1) is 25.6. The van der Waals surface area contributed by atoms with Gasteiger partial charge in [0, 0.05) is 30.6 Å². The third-order valence-corrected chi connectivity index (χ3v) is 5.94. The fourth-order valence-corrected chi connectivity index (χ4v) is 4.07. The van der Waals surface area contributed by atoms with Crippen molar-refractivity contribution in [3.63, 3.8) is 0 Å². The summed E-state index contributed by atoms with van der Waals surface area (Å²) in [5, 5.41) is 3.34. The Hall–Kier alpha value is -3.07. The minimum absolute atomic E-state index is 0.0466. The zero-order chi connectivity index (χ0) is 24.7. The Balaban J connectivity index is 1.49. The molecule has 7 nitrogen and oxygen atoms in total. The molecule has 0 atom stereocenters. The van der Waals surface area contributed by atoms with E-state index in [1.54, 1.807) is 35.2 Å². The molecular weight excluding hydrogens is 470 g/mol. The number of carbonyl (C=O) groups is 2. The van der Waals surface area contributed by atoms with E-state index in [-0.39, 0.29) is 29.2 Å². The first-order valence-electron chi connectivity index (χ1n) is 10.8. The quantitative estimate of drug-likeness (QED) is 0.564. The predicted octanol–water partition coefficient (Wildman–Crippen LogP) is 4.17. The highest BCUT2D eigenvalue weighted by Gasteiger charge is 2.29. The molecule has 0 spiro atoms. The number of piperidine rings is 1. The third-order valence-electron chi connectivity index (χ3n) is 5.70. The molecule has 3 rings (SSSR count). The second kappa shape index (κ2) is 11.9. The van der Waals surface area contributed by atoms with Crippen LogP contribution < -0.4 is 19.5 Å². The summed E-state index contributed by atoms with van der Waals surface area (Å²) >= 11 is 6.03. The molecule has 0 bridgehead atoms. The van der Waals surface area contributed by atoms with Crippen LogP contribution in [0.2, 0.25) is 5.02 Å². The minimum Gasteiger partial charge on any atom is -0.496 e. The van der Waals surface area contributed by atoms with E-state index in [0.29, 0.717) is 55.2 Å². The average Bonchev–Trinajstić information content (AvgIpc) is 2.83. The topological polar surface area (TPSA) is 77.1 Å². The van der Waals surface area contributed by atoms with Crippen molar-refractivity contribution in [1.82, 2.24) is 10.2 Å². The van der Waals surface area contributed by atoms with Gasteiger partial charge < -0.3 is 24.4 Å². The van der Waals surface area contributed by atoms with Crippen LogP contribution in [-0.4, -0.2) is 57.2 Å². The van der Waals surface area contributed by atoms with Crippen LogP contribution in [0.1, 0.15) is 28.8 Å². The van der Waals surface area contributed by atoms with Gasteiger partial charge in [0.05, 0.1) is 19.8 Å². The predicted molar refractivity (Wildman–Crippen MR) is 123 cm³/mol. The Kier molecular flexibility index (Phi) is 8.92. The Bertz CT molecular complexity index is 1010. The number of alkyl halides is 2. The van der Waals surface area contributed by atoms with Crippen molar-refractivity contribution >= 4 is 23.4 Å². The Morgan fingerprint density at radius 1 is 1.06 bits per heavy atom. The first-order chi connectivity index (χ1) is 16.3. The zero-order valence-corrected chi connectivity index (χ0v) is 19.7. The maximum absolute atomic E-state index is 12.9. The molecule has 1 saturated heterocycles. The van der Waals surface area contributed by atoms with Gasteiger partial charge in [0.1, 0.15) is 5.75 Å². The van der Waals surface area contributed by atoms with Crippen molar-refractivity contribution in [2.45, 2.75) is 25.9 Å². The number of ether oxygens (including phenoxy) is 3. The number of carbonyl (C=O) groups excluding carboxylic acids is 2. The molecule has 0 aromatic heterocycles. The number of nitrogens with zero attached hydrogens (tertiary/aromatic N) is 1. The molecule has 1 aliphatic rings. The SMILES string of the molecule is COc1ccc(CCNC(=O)C2CCN(C(=O)c3cc(Cl)ccc3OC)CC2)cc1OC(F)F. The highest BCUT2D eigenvalue weighted by molar-refractivity contribution is 6.31. The summed E-state index contributed by atoms with van der Waals surface area (Å²) in [6.45, 7) is -1.72. The second-order valence-corrected chi connectivity index (χ2v) is 8.25. The summed E-state index contributed by atoms with van der Waals surface area (Å²) in [6.07, 6.45) is 1.52. The number of amides is 2. The molecule has 0 saturated carbocycles. The highest BCUT2D eigenvalue weighted by atomic mass is 35.5. The first-order valence-corrected chi connectivity index (χ1v) is 11.2. The van der Waals surface area contributed by atoms with Crippen LogP contribution in [0.5, 0.6) is 17.2 Å². The summed E-state index contributed by atoms with van der Waals surface area (Å²) in [5.41, 5.74) is 1.13. The lowest BCUT2D eigenvalue weighted by Crippen LogP contribution is -2.43. The fourth-order valence-electron chi connectivity index (χ4n) is 3.90. The van der Waals surface area contributed by atoms with Gasteiger partial charge in [0.25, 0.3) is 5.91 Å². The molecule has 184 valence electrons. The summed E-state index contributed by atoms with van der Waals surface area (Å²) in [7, 11) is 2.87. The van der Waals surface area contributed by atoms with Gasteiger partial charge in [-0.2, -0.15) is 8.78 Å². The lowest BCUT2D eigenvalue weighted by atomic mass is 9.95. The van der Waals surface area contributed by atoms with E-state index in [0.717, 1.165) is 5.56 Å². The number of hydrogen-bond acceptors (Lipinski definition) is 5. The van der Waals surface area contributed by atoms with Crippen molar-refractivity contribution < 1.29 is 32.6 Å². The van der Waals surface area contributed by atoms with Crippen molar-refractivity contribution in [3.8, 4) is 17.2 Å². The summed E-state index contributed by atoms with van der Waals surface area (Å²) in [4.78, 5) is 27.2. The Morgan fingerprint density at radius 3 is 2.38 bits per heavy atom. The molecule has 0 aliphatic carbocycles. The normalized spacial score (nSPS) is 14.1. The van der Waals surface area contributed by atoms with Gasteiger partial charge in [0.2, 0.25) is 5.91 Å². The number of nitrogens with one attached hydrogen (secondary N) is 1. The summed E-state index contributed by atoms with van der Waals surface area (Å²) in [6, 6.07) is 9.66. The third kappa shape index (κ3) is 6.50. The van der Waals surface area contributed by atoms with Gasteiger partial charge in [-0.3, -0.25) is 9.59 Å². The van der Waals surface area contributed by atoms with E-state index in [1.807, 2.05) is 0 Å². The van der Waals surface area contributed by atoms with Crippen LogP contribution in [-0.2, 0) is 11.2 Å². The molecule has 1 N–H and O–H groups in total. The van der Waals surface area contributed by atoms with E-state index < -0.39 is 6.61 Å². The standard InChI is InChI=1S/C24H27ClF2N2O5/c1-32-19-6-4-17(25)14-18(19)23(31)29-11-8-16(9-12-29)22(30)28-10-7-15-3-5-20(33-2)21(13-15)34-24(26)27/h3-6,13-14,16,24H,7-12H2,1-2H3,(H,28,30). The Morgan fingerprint density at radius 2 is 1.74 bits per heavy atom. The zero-order valence-electron chi connectivity index (χ0n) is 19.0. The van der Waals surface area contributed by atoms with Gasteiger partial charge >= 0.3 is 6.61 Å². The fraction of sp³-hybridized carbons (Fsp3) is 0.417. The average molecular weight is 497 g/mol. The van der Waals surface area contributed by atoms with E-state index in [4.69, 9.17) is 21.1 Å². The minimum atomic E-state index is -2.96. The van der Waals surface area contributed by atoms with Crippen LogP contribution in [0.4, 0.5) is 8.78 Å². The van der Waals surface area contributed by atoms with Gasteiger partial charge in [-0.15, -0.1) is 0 Å². The highest BCUT2D eigenvalue weighted by Crippen LogP contribution is 2.30. The van der Waals surface area contributed by atoms with Crippen molar-refractivity contribution in [1.29, 1.82) is 0 Å². The van der Waals surface area contributed by atoms with E-state index in [2.05, 4.69) is 10.1 Å².